The number of carboxylic acids is 1. The number of urea groups is 1. The van der Waals surface area contributed by atoms with Gasteiger partial charge in [0, 0.05) is 13.6 Å². The molecule has 21 heavy (non-hydrogen) atoms. The summed E-state index contributed by atoms with van der Waals surface area (Å²) in [5, 5.41) is 15.2. The molecule has 1 aromatic carbocycles. The Morgan fingerprint density at radius 2 is 2.14 bits per heavy atom. The normalized spacial score (nSPS) is 10.2. The first-order valence-corrected chi connectivity index (χ1v) is 6.98. The average Bonchev–Trinajstić information content (AvgIpc) is 2.91. The Morgan fingerprint density at radius 3 is 2.76 bits per heavy atom. The molecule has 0 bridgehead atoms. The maximum atomic E-state index is 13.5. The van der Waals surface area contributed by atoms with E-state index in [1.54, 1.807) is 7.05 Å². The van der Waals surface area contributed by atoms with Gasteiger partial charge in [0.1, 0.15) is 11.4 Å². The molecule has 0 aliphatic rings. The van der Waals surface area contributed by atoms with Crippen LogP contribution in [0.15, 0.2) is 35.0 Å². The smallest absolute Gasteiger partial charge is 0.340 e. The van der Waals surface area contributed by atoms with Crippen molar-refractivity contribution in [2.75, 3.05) is 12.4 Å². The number of aromatic carboxylic acids is 1. The molecule has 0 saturated carbocycles. The van der Waals surface area contributed by atoms with Crippen LogP contribution in [0.25, 0.3) is 0 Å². The van der Waals surface area contributed by atoms with Crippen LogP contribution >= 0.6 is 11.3 Å². The van der Waals surface area contributed by atoms with E-state index in [-0.39, 0.29) is 5.69 Å². The van der Waals surface area contributed by atoms with Crippen LogP contribution in [0.1, 0.15) is 15.9 Å². The van der Waals surface area contributed by atoms with E-state index in [1.807, 2.05) is 16.8 Å². The number of hydrogen-bond acceptors (Lipinski definition) is 3. The van der Waals surface area contributed by atoms with Crippen molar-refractivity contribution in [2.45, 2.75) is 6.54 Å². The molecule has 7 heteroatoms. The van der Waals surface area contributed by atoms with Gasteiger partial charge in [-0.15, -0.1) is 0 Å². The summed E-state index contributed by atoms with van der Waals surface area (Å²) >= 11 is 1.52. The fourth-order valence-corrected chi connectivity index (χ4v) is 2.44. The Kier molecular flexibility index (Phi) is 4.54. The molecule has 2 rings (SSSR count). The van der Waals surface area contributed by atoms with Gasteiger partial charge in [-0.1, -0.05) is 6.07 Å². The number of carboxylic acid groups (broad SMARTS) is 1. The van der Waals surface area contributed by atoms with Crippen LogP contribution < -0.4 is 5.32 Å². The molecule has 1 heterocycles. The summed E-state index contributed by atoms with van der Waals surface area (Å²) in [7, 11) is 1.58. The third kappa shape index (κ3) is 3.57. The van der Waals surface area contributed by atoms with Crippen LogP contribution in [0, 0.1) is 5.82 Å². The van der Waals surface area contributed by atoms with Gasteiger partial charge in [-0.05, 0) is 34.5 Å². The highest BCUT2D eigenvalue weighted by atomic mass is 32.1. The molecule has 110 valence electrons. The Morgan fingerprint density at radius 1 is 1.38 bits per heavy atom. The second-order valence-electron chi connectivity index (χ2n) is 4.39. The Bertz CT molecular complexity index is 658. The monoisotopic (exact) mass is 308 g/mol. The van der Waals surface area contributed by atoms with Gasteiger partial charge in [0.05, 0.1) is 5.69 Å². The number of thiophene rings is 1. The van der Waals surface area contributed by atoms with E-state index in [4.69, 9.17) is 5.11 Å². The molecule has 0 saturated heterocycles. The zero-order valence-corrected chi connectivity index (χ0v) is 12.0. The second kappa shape index (κ2) is 6.36. The standard InChI is InChI=1S/C14H13FN2O3S/c1-17(7-9-5-6-21-8-9)14(20)16-11-4-2-3-10(15)12(11)13(18)19/h2-6,8H,7H2,1H3,(H,16,20)(H,18,19). The third-order valence-corrected chi connectivity index (χ3v) is 3.55. The number of hydrogen-bond donors (Lipinski definition) is 2. The van der Waals surface area contributed by atoms with Gasteiger partial charge in [-0.25, -0.2) is 14.0 Å². The van der Waals surface area contributed by atoms with E-state index in [9.17, 15) is 14.0 Å². The molecule has 5 nitrogen and oxygen atoms in total. The quantitative estimate of drug-likeness (QED) is 0.911. The first-order chi connectivity index (χ1) is 9.99. The van der Waals surface area contributed by atoms with E-state index in [1.165, 1.54) is 28.4 Å². The first kappa shape index (κ1) is 15.0. The van der Waals surface area contributed by atoms with E-state index in [2.05, 4.69) is 5.32 Å². The van der Waals surface area contributed by atoms with Crippen LogP contribution in [0.4, 0.5) is 14.9 Å². The molecule has 0 aliphatic carbocycles. The van der Waals surface area contributed by atoms with Crippen molar-refractivity contribution in [3.8, 4) is 0 Å². The maximum absolute atomic E-state index is 13.5. The molecule has 2 N–H and O–H groups in total. The van der Waals surface area contributed by atoms with E-state index in [0.717, 1.165) is 11.6 Å². The highest BCUT2D eigenvalue weighted by molar-refractivity contribution is 7.07. The molecule has 0 radical (unpaired) electrons. The third-order valence-electron chi connectivity index (χ3n) is 2.82. The molecule has 1 aromatic heterocycles. The predicted octanol–water partition coefficient (Wildman–Crippen LogP) is 3.25. The minimum Gasteiger partial charge on any atom is -0.478 e. The van der Waals surface area contributed by atoms with Gasteiger partial charge in [0.15, 0.2) is 0 Å². The molecule has 0 spiro atoms. The van der Waals surface area contributed by atoms with Crippen molar-refractivity contribution in [3.63, 3.8) is 0 Å². The average molecular weight is 308 g/mol. The topological polar surface area (TPSA) is 69.6 Å². The molecule has 2 amide bonds. The number of carbonyl (C=O) groups excluding carboxylic acids is 1. The van der Waals surface area contributed by atoms with Crippen LogP contribution in [0.5, 0.6) is 0 Å². The van der Waals surface area contributed by atoms with Crippen molar-refractivity contribution in [1.29, 1.82) is 0 Å². The number of amides is 2. The van der Waals surface area contributed by atoms with E-state index in [0.29, 0.717) is 6.54 Å². The number of anilines is 1. The number of carbonyl (C=O) groups is 2. The SMILES string of the molecule is CN(Cc1ccsc1)C(=O)Nc1cccc(F)c1C(=O)O. The van der Waals surface area contributed by atoms with Gasteiger partial charge in [0.25, 0.3) is 0 Å². The fraction of sp³-hybridized carbons (Fsp3) is 0.143. The molecular weight excluding hydrogens is 295 g/mol. The molecular formula is C14H13FN2O3S. The lowest BCUT2D eigenvalue weighted by Gasteiger charge is -2.18. The van der Waals surface area contributed by atoms with Crippen molar-refractivity contribution in [2.24, 2.45) is 0 Å². The van der Waals surface area contributed by atoms with Crippen LogP contribution in [-0.4, -0.2) is 29.1 Å². The van der Waals surface area contributed by atoms with Gasteiger partial charge in [-0.2, -0.15) is 11.3 Å². The highest BCUT2D eigenvalue weighted by Crippen LogP contribution is 2.19. The summed E-state index contributed by atoms with van der Waals surface area (Å²) in [6.07, 6.45) is 0. The minimum atomic E-state index is -1.43. The second-order valence-corrected chi connectivity index (χ2v) is 5.17. The Hall–Kier alpha value is -2.41. The molecule has 0 aliphatic heterocycles. The largest absolute Gasteiger partial charge is 0.478 e. The first-order valence-electron chi connectivity index (χ1n) is 6.04. The maximum Gasteiger partial charge on any atom is 0.340 e. The number of benzene rings is 1. The lowest BCUT2D eigenvalue weighted by molar-refractivity contribution is 0.0693. The highest BCUT2D eigenvalue weighted by Gasteiger charge is 2.18. The molecule has 0 fully saturated rings. The molecule has 0 unspecified atom stereocenters. The summed E-state index contributed by atoms with van der Waals surface area (Å²) < 4.78 is 13.5. The molecule has 0 atom stereocenters. The zero-order chi connectivity index (χ0) is 15.4. The predicted molar refractivity (Wildman–Crippen MR) is 78.2 cm³/mol. The van der Waals surface area contributed by atoms with Crippen LogP contribution in [-0.2, 0) is 6.54 Å². The van der Waals surface area contributed by atoms with Gasteiger partial charge >= 0.3 is 12.0 Å². The summed E-state index contributed by atoms with van der Waals surface area (Å²) in [6, 6.07) is 5.11. The lowest BCUT2D eigenvalue weighted by atomic mass is 10.1. The number of rotatable bonds is 4. The Labute approximate surface area is 124 Å². The van der Waals surface area contributed by atoms with Crippen LogP contribution in [0.3, 0.4) is 0 Å². The molecule has 2 aromatic rings. The van der Waals surface area contributed by atoms with E-state index < -0.39 is 23.4 Å². The summed E-state index contributed by atoms with van der Waals surface area (Å²) in [4.78, 5) is 24.5. The lowest BCUT2D eigenvalue weighted by Crippen LogP contribution is -2.31. The summed E-state index contributed by atoms with van der Waals surface area (Å²) in [6.45, 7) is 0.382. The number of nitrogens with zero attached hydrogens (tertiary/aromatic N) is 1. The number of nitrogens with one attached hydrogen (secondary N) is 1. The van der Waals surface area contributed by atoms with Crippen molar-refractivity contribution >= 4 is 29.0 Å². The Balaban J connectivity index is 2.12. The van der Waals surface area contributed by atoms with E-state index >= 15 is 0 Å². The minimum absolute atomic E-state index is 0.0651. The summed E-state index contributed by atoms with van der Waals surface area (Å²) in [5.41, 5.74) is 0.356. The zero-order valence-electron chi connectivity index (χ0n) is 11.2. The van der Waals surface area contributed by atoms with Gasteiger partial charge in [-0.3, -0.25) is 0 Å². The fourth-order valence-electron chi connectivity index (χ4n) is 1.78. The van der Waals surface area contributed by atoms with Crippen molar-refractivity contribution in [1.82, 2.24) is 4.90 Å². The van der Waals surface area contributed by atoms with Crippen molar-refractivity contribution in [3.05, 3.63) is 52.0 Å². The van der Waals surface area contributed by atoms with Gasteiger partial charge < -0.3 is 15.3 Å². The number of halogens is 1. The van der Waals surface area contributed by atoms with Crippen LogP contribution in [0.2, 0.25) is 0 Å². The van der Waals surface area contributed by atoms with Gasteiger partial charge in [0.2, 0.25) is 0 Å². The summed E-state index contributed by atoms with van der Waals surface area (Å²) in [5.74, 6) is -2.32. The van der Waals surface area contributed by atoms with Crippen molar-refractivity contribution < 1.29 is 19.1 Å².